The van der Waals surface area contributed by atoms with Crippen molar-refractivity contribution in [3.8, 4) is 5.75 Å². The zero-order valence-corrected chi connectivity index (χ0v) is 27.1. The lowest BCUT2D eigenvalue weighted by atomic mass is 9.68. The zero-order chi connectivity index (χ0) is 31.8. The minimum Gasteiger partial charge on any atom is -0.490 e. The van der Waals surface area contributed by atoms with Crippen molar-refractivity contribution >= 4 is 39.2 Å². The molecule has 1 fully saturated rings. The normalized spacial score (nSPS) is 30.0. The lowest BCUT2D eigenvalue weighted by Gasteiger charge is -2.45. The van der Waals surface area contributed by atoms with Crippen molar-refractivity contribution in [2.24, 2.45) is 11.8 Å². The zero-order valence-electron chi connectivity index (χ0n) is 25.5. The highest BCUT2D eigenvalue weighted by atomic mass is 35.5. The number of hydrogen-bond donors (Lipinski definition) is 2. The number of fused-ring (bicyclic) bond motifs is 4. The van der Waals surface area contributed by atoms with E-state index in [0.717, 1.165) is 37.8 Å². The third kappa shape index (κ3) is 6.60. The predicted molar refractivity (Wildman–Crippen MR) is 172 cm³/mol. The predicted octanol–water partition coefficient (Wildman–Crippen LogP) is 4.93. The minimum absolute atomic E-state index is 0.0109. The first kappa shape index (κ1) is 31.9. The number of aliphatic hydroxyl groups excluding tert-OH is 1. The van der Waals surface area contributed by atoms with E-state index in [9.17, 15) is 23.1 Å². The van der Waals surface area contributed by atoms with Gasteiger partial charge in [0.15, 0.2) is 0 Å². The molecule has 45 heavy (non-hydrogen) atoms. The fourth-order valence-corrected chi connectivity index (χ4v) is 9.19. The van der Waals surface area contributed by atoms with Crippen molar-refractivity contribution in [3.05, 3.63) is 70.3 Å². The van der Waals surface area contributed by atoms with Crippen LogP contribution in [0.5, 0.6) is 5.75 Å². The number of halogens is 1. The van der Waals surface area contributed by atoms with Crippen molar-refractivity contribution < 1.29 is 32.6 Å². The second kappa shape index (κ2) is 13.0. The molecule has 2 aliphatic carbocycles. The van der Waals surface area contributed by atoms with Crippen LogP contribution in [0.15, 0.2) is 48.6 Å². The van der Waals surface area contributed by atoms with E-state index in [1.165, 1.54) is 18.2 Å². The molecule has 242 valence electrons. The second-order valence-electron chi connectivity index (χ2n) is 13.0. The average Bonchev–Trinajstić information content (AvgIpc) is 3.14. The van der Waals surface area contributed by atoms with E-state index in [4.69, 9.17) is 21.1 Å². The van der Waals surface area contributed by atoms with E-state index in [0.29, 0.717) is 36.9 Å². The van der Waals surface area contributed by atoms with Crippen LogP contribution in [0.1, 0.15) is 72.9 Å². The highest BCUT2D eigenvalue weighted by molar-refractivity contribution is 7.90. The van der Waals surface area contributed by atoms with Crippen LogP contribution in [-0.2, 0) is 31.4 Å². The molecule has 1 amide bonds. The number of hydrogen-bond acceptors (Lipinski definition) is 8. The molecular weight excluding hydrogens is 616 g/mol. The summed E-state index contributed by atoms with van der Waals surface area (Å²) in [4.78, 5) is 27.6. The maximum atomic E-state index is 13.5. The number of rotatable bonds is 3. The summed E-state index contributed by atoms with van der Waals surface area (Å²) >= 11 is 6.39. The molecule has 0 radical (unpaired) electrons. The van der Waals surface area contributed by atoms with Crippen LogP contribution in [0.4, 0.5) is 5.69 Å². The molecule has 0 aromatic heterocycles. The number of aryl methyl sites for hydroxylation is 1. The van der Waals surface area contributed by atoms with Crippen molar-refractivity contribution in [1.82, 2.24) is 4.72 Å². The summed E-state index contributed by atoms with van der Waals surface area (Å²) in [6, 6.07) is 11.2. The molecule has 1 saturated carbocycles. The van der Waals surface area contributed by atoms with Crippen LogP contribution < -0.4 is 14.4 Å². The van der Waals surface area contributed by atoms with E-state index < -0.39 is 33.3 Å². The van der Waals surface area contributed by atoms with E-state index in [1.54, 1.807) is 24.3 Å². The smallest absolute Gasteiger partial charge is 0.305 e. The number of aliphatic hydroxyl groups is 1. The fourth-order valence-electron chi connectivity index (χ4n) is 7.58. The number of benzene rings is 2. The first-order valence-electron chi connectivity index (χ1n) is 15.9. The van der Waals surface area contributed by atoms with Crippen LogP contribution in [0.25, 0.3) is 0 Å². The molecular formula is C34H41ClN2O7S. The van der Waals surface area contributed by atoms with E-state index in [2.05, 4.69) is 21.8 Å². The summed E-state index contributed by atoms with van der Waals surface area (Å²) in [5.41, 5.74) is 3.11. The summed E-state index contributed by atoms with van der Waals surface area (Å²) in [7, 11) is -2.88. The summed E-state index contributed by atoms with van der Waals surface area (Å²) in [6.07, 6.45) is 8.19. The van der Waals surface area contributed by atoms with Gasteiger partial charge < -0.3 is 19.5 Å². The highest BCUT2D eigenvalue weighted by Crippen LogP contribution is 2.46. The molecule has 5 atom stereocenters. The van der Waals surface area contributed by atoms with Crippen molar-refractivity contribution in [2.45, 2.75) is 74.6 Å². The van der Waals surface area contributed by atoms with Gasteiger partial charge in [0.25, 0.3) is 5.91 Å². The van der Waals surface area contributed by atoms with Gasteiger partial charge in [-0.1, -0.05) is 29.8 Å². The number of amides is 1. The molecule has 2 aromatic carbocycles. The third-order valence-electron chi connectivity index (χ3n) is 10.2. The Morgan fingerprint density at radius 1 is 1.20 bits per heavy atom. The molecule has 4 aliphatic rings. The minimum atomic E-state index is -4.13. The van der Waals surface area contributed by atoms with Gasteiger partial charge in [-0.3, -0.25) is 9.59 Å². The molecule has 2 heterocycles. The summed E-state index contributed by atoms with van der Waals surface area (Å²) < 4.78 is 40.4. The van der Waals surface area contributed by atoms with Crippen molar-refractivity contribution in [2.75, 3.05) is 31.7 Å². The van der Waals surface area contributed by atoms with Gasteiger partial charge in [0.05, 0.1) is 30.8 Å². The van der Waals surface area contributed by atoms with Crippen LogP contribution in [0.3, 0.4) is 0 Å². The van der Waals surface area contributed by atoms with Crippen molar-refractivity contribution in [3.63, 3.8) is 0 Å². The number of carbonyl (C=O) groups is 2. The number of allylic oxidation sites excluding steroid dienone is 1. The monoisotopic (exact) mass is 656 g/mol. The summed E-state index contributed by atoms with van der Waals surface area (Å²) in [6.45, 7) is 1.80. The summed E-state index contributed by atoms with van der Waals surface area (Å²) in [5, 5.41) is 10.9. The topological polar surface area (TPSA) is 122 Å². The number of nitrogens with one attached hydrogen (secondary N) is 1. The fraction of sp³-hybridized carbons (Fsp3) is 0.529. The molecule has 9 nitrogen and oxygen atoms in total. The van der Waals surface area contributed by atoms with Gasteiger partial charge in [0.2, 0.25) is 10.0 Å². The maximum Gasteiger partial charge on any atom is 0.305 e. The lowest BCUT2D eigenvalue weighted by molar-refractivity contribution is -0.140. The van der Waals surface area contributed by atoms with Crippen LogP contribution >= 0.6 is 11.6 Å². The Hall–Kier alpha value is -3.08. The van der Waals surface area contributed by atoms with Gasteiger partial charge in [-0.05, 0) is 105 Å². The van der Waals surface area contributed by atoms with Crippen LogP contribution in [-0.4, -0.2) is 63.6 Å². The standard InChI is InChI=1S/C34H41ClN2O7S/c1-43-32(39)15-11-26-6-2-3-7-30(38)27-12-8-24(27)19-37-20-34(16-4-5-22-17-25(35)10-13-28(22)34)21-44-31-14-9-23(18-29(31)37)33(40)36-45(26,41)42/h3,7,9-10,13-14,17-18,24,26-27,30,38H,2,4-6,8,11-12,15-16,19-21H2,1H3,(H,36,40)/b7-3-/t24-,26-,27+,30-,34-/m0/s1. The Morgan fingerprint density at radius 3 is 2.82 bits per heavy atom. The Kier molecular flexibility index (Phi) is 9.19. The van der Waals surface area contributed by atoms with Gasteiger partial charge in [-0.15, -0.1) is 0 Å². The molecule has 2 aliphatic heterocycles. The number of sulfonamides is 1. The molecule has 2 aromatic rings. The van der Waals surface area contributed by atoms with Gasteiger partial charge in [-0.25, -0.2) is 13.1 Å². The number of esters is 1. The third-order valence-corrected chi connectivity index (χ3v) is 12.3. The average molecular weight is 657 g/mol. The molecule has 0 saturated heterocycles. The molecule has 11 heteroatoms. The number of anilines is 1. The summed E-state index contributed by atoms with van der Waals surface area (Å²) in [5.74, 6) is -0.296. The number of nitrogens with zero attached hydrogens (tertiary/aromatic N) is 1. The SMILES string of the molecule is COC(=O)CC[C@@H]1CC/C=C\[C@H](O)[C@@H]2CC[C@H]2CN2C[C@@]3(CCCc4cc(Cl)ccc43)COc3ccc(cc32)C(=O)NS1(=O)=O. The van der Waals surface area contributed by atoms with Gasteiger partial charge in [-0.2, -0.15) is 0 Å². The van der Waals surface area contributed by atoms with Gasteiger partial charge in [0.1, 0.15) is 5.75 Å². The van der Waals surface area contributed by atoms with Crippen LogP contribution in [0.2, 0.25) is 5.02 Å². The molecule has 6 rings (SSSR count). The van der Waals surface area contributed by atoms with Crippen LogP contribution in [0, 0.1) is 11.8 Å². The molecule has 2 bridgehead atoms. The second-order valence-corrected chi connectivity index (χ2v) is 15.4. The van der Waals surface area contributed by atoms with Crippen molar-refractivity contribution in [1.29, 1.82) is 0 Å². The van der Waals surface area contributed by atoms with E-state index in [1.807, 2.05) is 12.1 Å². The van der Waals surface area contributed by atoms with E-state index in [-0.39, 0.29) is 42.1 Å². The highest BCUT2D eigenvalue weighted by Gasteiger charge is 2.44. The Labute approximate surface area is 270 Å². The van der Waals surface area contributed by atoms with E-state index >= 15 is 0 Å². The number of methoxy groups -OCH3 is 1. The first-order valence-corrected chi connectivity index (χ1v) is 17.8. The van der Waals surface area contributed by atoms with Gasteiger partial charge in [0, 0.05) is 35.5 Å². The Bertz CT molecular complexity index is 1590. The first-order chi connectivity index (χ1) is 21.6. The number of carbonyl (C=O) groups excluding carboxylic acids is 2. The largest absolute Gasteiger partial charge is 0.490 e. The molecule has 1 spiro atoms. The van der Waals surface area contributed by atoms with Gasteiger partial charge >= 0.3 is 5.97 Å². The Balaban J connectivity index is 1.38. The molecule has 2 N–H and O–H groups in total. The Morgan fingerprint density at radius 2 is 2.04 bits per heavy atom. The number of ether oxygens (including phenoxy) is 2. The maximum absolute atomic E-state index is 13.5. The lowest BCUT2D eigenvalue weighted by Crippen LogP contribution is -2.49. The molecule has 0 unspecified atom stereocenters. The quantitative estimate of drug-likeness (QED) is 0.352.